The van der Waals surface area contributed by atoms with E-state index in [1.807, 2.05) is 0 Å². The molecule has 0 saturated heterocycles. The standard InChI is InChI=1S/C14H22OS/c1-14(9-3-2-4-10-14)13(15)8-7-12-6-5-11-16-12/h5-6,11,13,15H,2-4,7-10H2,1H3. The molecule has 1 aliphatic carbocycles. The Kier molecular flexibility index (Phi) is 4.04. The van der Waals surface area contributed by atoms with Gasteiger partial charge < -0.3 is 5.11 Å². The first-order valence-electron chi connectivity index (χ1n) is 6.41. The van der Waals surface area contributed by atoms with Crippen molar-refractivity contribution in [3.63, 3.8) is 0 Å². The molecule has 1 aromatic rings. The maximum Gasteiger partial charge on any atom is 0.0597 e. The predicted octanol–water partition coefficient (Wildman–Crippen LogP) is 4.01. The second-order valence-electron chi connectivity index (χ2n) is 5.35. The molecule has 1 N–H and O–H groups in total. The summed E-state index contributed by atoms with van der Waals surface area (Å²) in [5, 5.41) is 12.5. The quantitative estimate of drug-likeness (QED) is 0.840. The lowest BCUT2D eigenvalue weighted by Crippen LogP contribution is -2.34. The molecule has 1 unspecified atom stereocenters. The average Bonchev–Trinajstić information content (AvgIpc) is 2.79. The third kappa shape index (κ3) is 2.86. The molecule has 16 heavy (non-hydrogen) atoms. The summed E-state index contributed by atoms with van der Waals surface area (Å²) in [6, 6.07) is 4.26. The Morgan fingerprint density at radius 3 is 2.75 bits per heavy atom. The number of hydrogen-bond donors (Lipinski definition) is 1. The molecule has 0 aliphatic heterocycles. The van der Waals surface area contributed by atoms with Gasteiger partial charge in [0, 0.05) is 4.88 Å². The predicted molar refractivity (Wildman–Crippen MR) is 69.8 cm³/mol. The Bertz CT molecular complexity index is 299. The minimum Gasteiger partial charge on any atom is -0.393 e. The van der Waals surface area contributed by atoms with Crippen molar-refractivity contribution in [2.45, 2.75) is 58.0 Å². The highest BCUT2D eigenvalue weighted by Crippen LogP contribution is 2.40. The Morgan fingerprint density at radius 1 is 1.38 bits per heavy atom. The molecule has 0 aromatic carbocycles. The van der Waals surface area contributed by atoms with Crippen molar-refractivity contribution < 1.29 is 5.11 Å². The Morgan fingerprint density at radius 2 is 2.12 bits per heavy atom. The van der Waals surface area contributed by atoms with Crippen LogP contribution in [0.4, 0.5) is 0 Å². The van der Waals surface area contributed by atoms with Gasteiger partial charge in [0.15, 0.2) is 0 Å². The second-order valence-corrected chi connectivity index (χ2v) is 6.38. The maximum absolute atomic E-state index is 10.3. The van der Waals surface area contributed by atoms with Gasteiger partial charge in [-0.3, -0.25) is 0 Å². The third-order valence-corrected chi connectivity index (χ3v) is 4.98. The van der Waals surface area contributed by atoms with Crippen LogP contribution >= 0.6 is 11.3 Å². The molecule has 0 bridgehead atoms. The molecule has 0 spiro atoms. The van der Waals surface area contributed by atoms with Gasteiger partial charge in [-0.25, -0.2) is 0 Å². The van der Waals surface area contributed by atoms with Crippen molar-refractivity contribution in [1.82, 2.24) is 0 Å². The summed E-state index contributed by atoms with van der Waals surface area (Å²) in [4.78, 5) is 1.40. The van der Waals surface area contributed by atoms with Crippen LogP contribution in [-0.2, 0) is 6.42 Å². The van der Waals surface area contributed by atoms with Gasteiger partial charge in [-0.2, -0.15) is 0 Å². The Balaban J connectivity index is 1.84. The molecule has 0 radical (unpaired) electrons. The van der Waals surface area contributed by atoms with Gasteiger partial charge in [-0.15, -0.1) is 11.3 Å². The van der Waals surface area contributed by atoms with Crippen molar-refractivity contribution in [3.05, 3.63) is 22.4 Å². The van der Waals surface area contributed by atoms with Crippen LogP contribution in [0.25, 0.3) is 0 Å². The second kappa shape index (κ2) is 5.33. The van der Waals surface area contributed by atoms with Gasteiger partial charge in [0.25, 0.3) is 0 Å². The molecule has 0 amide bonds. The molecule has 1 aromatic heterocycles. The van der Waals surface area contributed by atoms with Crippen molar-refractivity contribution in [3.8, 4) is 0 Å². The van der Waals surface area contributed by atoms with E-state index in [-0.39, 0.29) is 11.5 Å². The molecule has 1 atom stereocenters. The third-order valence-electron chi connectivity index (χ3n) is 4.04. The summed E-state index contributed by atoms with van der Waals surface area (Å²) in [6.45, 7) is 2.27. The van der Waals surface area contributed by atoms with Crippen molar-refractivity contribution in [2.75, 3.05) is 0 Å². The van der Waals surface area contributed by atoms with Crippen LogP contribution in [-0.4, -0.2) is 11.2 Å². The van der Waals surface area contributed by atoms with Crippen molar-refractivity contribution >= 4 is 11.3 Å². The zero-order chi connectivity index (χ0) is 11.4. The number of rotatable bonds is 4. The first-order chi connectivity index (χ1) is 7.71. The smallest absolute Gasteiger partial charge is 0.0597 e. The summed E-state index contributed by atoms with van der Waals surface area (Å²) in [7, 11) is 0. The number of aryl methyl sites for hydroxylation is 1. The van der Waals surface area contributed by atoms with Gasteiger partial charge in [-0.1, -0.05) is 32.3 Å². The van der Waals surface area contributed by atoms with Gasteiger partial charge in [0.1, 0.15) is 0 Å². The van der Waals surface area contributed by atoms with Crippen LogP contribution in [0.15, 0.2) is 17.5 Å². The van der Waals surface area contributed by atoms with E-state index in [1.165, 1.54) is 37.0 Å². The number of thiophene rings is 1. The topological polar surface area (TPSA) is 20.2 Å². The zero-order valence-electron chi connectivity index (χ0n) is 10.1. The number of aliphatic hydroxyl groups excluding tert-OH is 1. The minimum atomic E-state index is -0.116. The fourth-order valence-electron chi connectivity index (χ4n) is 2.77. The van der Waals surface area contributed by atoms with Crippen LogP contribution in [0.3, 0.4) is 0 Å². The summed E-state index contributed by atoms with van der Waals surface area (Å²) in [6.07, 6.45) is 8.21. The Labute approximate surface area is 103 Å². The molecular formula is C14H22OS. The largest absolute Gasteiger partial charge is 0.393 e. The maximum atomic E-state index is 10.3. The molecular weight excluding hydrogens is 216 g/mol. The van der Waals surface area contributed by atoms with E-state index in [9.17, 15) is 5.11 Å². The van der Waals surface area contributed by atoms with Gasteiger partial charge in [0.05, 0.1) is 6.10 Å². The SMILES string of the molecule is CC1(C(O)CCc2cccs2)CCCCC1. The fourth-order valence-corrected chi connectivity index (χ4v) is 3.50. The number of aliphatic hydroxyl groups is 1. The van der Waals surface area contributed by atoms with Crippen LogP contribution in [0.1, 0.15) is 50.3 Å². The van der Waals surface area contributed by atoms with E-state index in [0.717, 1.165) is 12.8 Å². The monoisotopic (exact) mass is 238 g/mol. The molecule has 1 nitrogen and oxygen atoms in total. The first kappa shape index (κ1) is 12.1. The summed E-state index contributed by atoms with van der Waals surface area (Å²) >= 11 is 1.80. The highest BCUT2D eigenvalue weighted by molar-refractivity contribution is 7.09. The molecule has 1 aliphatic rings. The van der Waals surface area contributed by atoms with E-state index in [1.54, 1.807) is 11.3 Å². The highest BCUT2D eigenvalue weighted by atomic mass is 32.1. The first-order valence-corrected chi connectivity index (χ1v) is 7.29. The molecule has 2 heteroatoms. The average molecular weight is 238 g/mol. The molecule has 90 valence electrons. The van der Waals surface area contributed by atoms with Crippen LogP contribution in [0, 0.1) is 5.41 Å². The summed E-state index contributed by atoms with van der Waals surface area (Å²) < 4.78 is 0. The van der Waals surface area contributed by atoms with Crippen molar-refractivity contribution in [2.24, 2.45) is 5.41 Å². The molecule has 1 heterocycles. The van der Waals surface area contributed by atoms with Crippen LogP contribution in [0.2, 0.25) is 0 Å². The zero-order valence-corrected chi connectivity index (χ0v) is 10.9. The molecule has 2 rings (SSSR count). The lowest BCUT2D eigenvalue weighted by molar-refractivity contribution is 0.00467. The molecule has 1 fully saturated rings. The van der Waals surface area contributed by atoms with E-state index in [0.29, 0.717) is 0 Å². The summed E-state index contributed by atoms with van der Waals surface area (Å²) in [5.74, 6) is 0. The molecule has 1 saturated carbocycles. The lowest BCUT2D eigenvalue weighted by atomic mass is 9.71. The van der Waals surface area contributed by atoms with Gasteiger partial charge in [-0.05, 0) is 42.5 Å². The fraction of sp³-hybridized carbons (Fsp3) is 0.714. The normalized spacial score (nSPS) is 21.9. The minimum absolute atomic E-state index is 0.116. The van der Waals surface area contributed by atoms with Gasteiger partial charge in [0.2, 0.25) is 0 Å². The number of hydrogen-bond acceptors (Lipinski definition) is 2. The highest BCUT2D eigenvalue weighted by Gasteiger charge is 2.33. The van der Waals surface area contributed by atoms with Gasteiger partial charge >= 0.3 is 0 Å². The van der Waals surface area contributed by atoms with E-state index >= 15 is 0 Å². The van der Waals surface area contributed by atoms with E-state index < -0.39 is 0 Å². The summed E-state index contributed by atoms with van der Waals surface area (Å²) in [5.41, 5.74) is 0.190. The lowest BCUT2D eigenvalue weighted by Gasteiger charge is -2.38. The van der Waals surface area contributed by atoms with Crippen molar-refractivity contribution in [1.29, 1.82) is 0 Å². The van der Waals surface area contributed by atoms with E-state index in [4.69, 9.17) is 0 Å². The van der Waals surface area contributed by atoms with E-state index in [2.05, 4.69) is 24.4 Å². The van der Waals surface area contributed by atoms with Crippen LogP contribution in [0.5, 0.6) is 0 Å². The van der Waals surface area contributed by atoms with Crippen LogP contribution < -0.4 is 0 Å². The Hall–Kier alpha value is -0.340.